The van der Waals surface area contributed by atoms with E-state index in [9.17, 15) is 0 Å². The Balaban J connectivity index is 2.08. The molecule has 0 spiro atoms. The summed E-state index contributed by atoms with van der Waals surface area (Å²) in [6.45, 7) is 8.79. The molecule has 1 unspecified atom stereocenters. The lowest BCUT2D eigenvalue weighted by Crippen LogP contribution is -2.38. The zero-order valence-electron chi connectivity index (χ0n) is 15.0. The van der Waals surface area contributed by atoms with Gasteiger partial charge in [-0.3, -0.25) is 0 Å². The van der Waals surface area contributed by atoms with Gasteiger partial charge in [0.05, 0.1) is 19.2 Å². The number of rotatable bonds is 10. The Kier molecular flexibility index (Phi) is 7.80. The van der Waals surface area contributed by atoms with Crippen LogP contribution in [0.25, 0.3) is 0 Å². The van der Waals surface area contributed by atoms with E-state index < -0.39 is 0 Å². The van der Waals surface area contributed by atoms with E-state index in [4.69, 9.17) is 9.57 Å². The van der Waals surface area contributed by atoms with Crippen molar-refractivity contribution in [3.63, 3.8) is 0 Å². The molecule has 0 aliphatic heterocycles. The second-order valence-electron chi connectivity index (χ2n) is 6.37. The fraction of sp³-hybridized carbons (Fsp3) is 0.429. The van der Waals surface area contributed by atoms with Crippen molar-refractivity contribution in [2.24, 2.45) is 5.92 Å². The van der Waals surface area contributed by atoms with Crippen molar-refractivity contribution in [3.8, 4) is 5.75 Å². The first kappa shape index (κ1) is 18.5. The Morgan fingerprint density at radius 1 is 0.917 bits per heavy atom. The number of hydrogen-bond donors (Lipinski definition) is 0. The van der Waals surface area contributed by atoms with Gasteiger partial charge < -0.3 is 9.57 Å². The average Bonchev–Trinajstić information content (AvgIpc) is 2.60. The highest BCUT2D eigenvalue weighted by Crippen LogP contribution is 2.16. The Bertz CT molecular complexity index is 515. The third-order valence-corrected chi connectivity index (χ3v) is 3.84. The molecule has 3 nitrogen and oxygen atoms in total. The van der Waals surface area contributed by atoms with Crippen molar-refractivity contribution in [1.29, 1.82) is 0 Å². The van der Waals surface area contributed by atoms with Crippen LogP contribution in [0.1, 0.15) is 32.8 Å². The normalized spacial score (nSPS) is 12.5. The van der Waals surface area contributed by atoms with E-state index in [-0.39, 0.29) is 6.10 Å². The van der Waals surface area contributed by atoms with Crippen molar-refractivity contribution in [3.05, 3.63) is 66.2 Å². The predicted molar refractivity (Wildman–Crippen MR) is 98.8 cm³/mol. The lowest BCUT2D eigenvalue weighted by molar-refractivity contribution is -0.113. The first-order chi connectivity index (χ1) is 11.7. The summed E-state index contributed by atoms with van der Waals surface area (Å²) in [7, 11) is 0. The van der Waals surface area contributed by atoms with Crippen molar-refractivity contribution < 1.29 is 9.57 Å². The molecule has 0 saturated carbocycles. The van der Waals surface area contributed by atoms with Crippen LogP contribution >= 0.6 is 0 Å². The lowest BCUT2D eigenvalue weighted by Gasteiger charge is -2.29. The third-order valence-electron chi connectivity index (χ3n) is 3.84. The van der Waals surface area contributed by atoms with Gasteiger partial charge in [0, 0.05) is 6.61 Å². The molecule has 0 heterocycles. The van der Waals surface area contributed by atoms with Gasteiger partial charge >= 0.3 is 0 Å². The summed E-state index contributed by atoms with van der Waals surface area (Å²) in [5.41, 5.74) is 1.23. The van der Waals surface area contributed by atoms with E-state index >= 15 is 0 Å². The molecule has 0 bridgehead atoms. The van der Waals surface area contributed by atoms with Gasteiger partial charge in [-0.25, -0.2) is 0 Å². The van der Waals surface area contributed by atoms with Crippen LogP contribution < -0.4 is 4.84 Å². The molecule has 0 aliphatic carbocycles. The van der Waals surface area contributed by atoms with E-state index in [2.05, 4.69) is 45.0 Å². The topological polar surface area (TPSA) is 21.7 Å². The van der Waals surface area contributed by atoms with Gasteiger partial charge in [-0.05, 0) is 30.0 Å². The second kappa shape index (κ2) is 10.1. The average molecular weight is 327 g/mol. The van der Waals surface area contributed by atoms with Gasteiger partial charge in [-0.15, -0.1) is 5.06 Å². The number of para-hydroxylation sites is 1. The third kappa shape index (κ3) is 6.34. The van der Waals surface area contributed by atoms with Crippen LogP contribution in [0.4, 0.5) is 0 Å². The SMILES string of the molecule is CCCOC(CN(Cc1ccccc1)Oc1ccccc1)C(C)C. The smallest absolute Gasteiger partial charge is 0.147 e. The number of hydrogen-bond acceptors (Lipinski definition) is 3. The molecule has 0 amide bonds. The predicted octanol–water partition coefficient (Wildman–Crippen LogP) is 4.93. The van der Waals surface area contributed by atoms with Crippen LogP contribution in [-0.2, 0) is 11.3 Å². The van der Waals surface area contributed by atoms with Gasteiger partial charge in [0.2, 0.25) is 0 Å². The van der Waals surface area contributed by atoms with E-state index in [0.29, 0.717) is 5.92 Å². The highest BCUT2D eigenvalue weighted by molar-refractivity contribution is 5.21. The largest absolute Gasteiger partial charge is 0.406 e. The molecule has 24 heavy (non-hydrogen) atoms. The molecule has 2 aromatic rings. The van der Waals surface area contributed by atoms with Gasteiger partial charge in [0.1, 0.15) is 5.75 Å². The highest BCUT2D eigenvalue weighted by atomic mass is 16.7. The summed E-state index contributed by atoms with van der Waals surface area (Å²) in [6.07, 6.45) is 1.18. The molecule has 0 aliphatic rings. The molecule has 3 heteroatoms. The highest BCUT2D eigenvalue weighted by Gasteiger charge is 2.20. The summed E-state index contributed by atoms with van der Waals surface area (Å²) in [4.78, 5) is 6.13. The fourth-order valence-corrected chi connectivity index (χ4v) is 2.48. The van der Waals surface area contributed by atoms with E-state index in [0.717, 1.165) is 31.9 Å². The Labute approximate surface area is 146 Å². The minimum Gasteiger partial charge on any atom is -0.406 e. The maximum atomic E-state index is 6.13. The number of ether oxygens (including phenoxy) is 1. The Hall–Kier alpha value is -1.84. The van der Waals surface area contributed by atoms with Crippen LogP contribution in [0.2, 0.25) is 0 Å². The molecule has 0 saturated heterocycles. The number of nitrogens with zero attached hydrogens (tertiary/aromatic N) is 1. The minimum absolute atomic E-state index is 0.150. The molecule has 0 N–H and O–H groups in total. The maximum Gasteiger partial charge on any atom is 0.147 e. The monoisotopic (exact) mass is 327 g/mol. The first-order valence-electron chi connectivity index (χ1n) is 8.82. The van der Waals surface area contributed by atoms with Crippen molar-refractivity contribution in [2.75, 3.05) is 13.2 Å². The van der Waals surface area contributed by atoms with Gasteiger partial charge in [-0.1, -0.05) is 69.3 Å². The zero-order valence-corrected chi connectivity index (χ0v) is 15.0. The van der Waals surface area contributed by atoms with Crippen LogP contribution in [-0.4, -0.2) is 24.3 Å². The first-order valence-corrected chi connectivity index (χ1v) is 8.82. The number of hydroxylamine groups is 2. The van der Waals surface area contributed by atoms with Crippen molar-refractivity contribution >= 4 is 0 Å². The molecule has 1 atom stereocenters. The number of benzene rings is 2. The molecular weight excluding hydrogens is 298 g/mol. The fourth-order valence-electron chi connectivity index (χ4n) is 2.48. The summed E-state index contributed by atoms with van der Waals surface area (Å²) in [6, 6.07) is 20.3. The molecule has 0 fully saturated rings. The van der Waals surface area contributed by atoms with Crippen molar-refractivity contribution in [1.82, 2.24) is 5.06 Å². The quantitative estimate of drug-likeness (QED) is 0.577. The Morgan fingerprint density at radius 3 is 2.12 bits per heavy atom. The zero-order chi connectivity index (χ0) is 17.2. The molecule has 130 valence electrons. The van der Waals surface area contributed by atoms with Crippen LogP contribution in [0.5, 0.6) is 5.75 Å². The molecule has 0 aromatic heterocycles. The minimum atomic E-state index is 0.150. The van der Waals surface area contributed by atoms with E-state index in [1.54, 1.807) is 0 Å². The standard InChI is InChI=1S/C21H29NO2/c1-4-15-23-21(18(2)3)17-22(16-19-11-7-5-8-12-19)24-20-13-9-6-10-14-20/h5-14,18,21H,4,15-17H2,1-3H3. The van der Waals surface area contributed by atoms with E-state index in [1.807, 2.05) is 41.5 Å². The summed E-state index contributed by atoms with van der Waals surface area (Å²) >= 11 is 0. The van der Waals surface area contributed by atoms with Gasteiger partial charge in [0.15, 0.2) is 0 Å². The molecular formula is C21H29NO2. The summed E-state index contributed by atoms with van der Waals surface area (Å²) in [5, 5.41) is 2.00. The molecule has 2 rings (SSSR count). The molecule has 2 aromatic carbocycles. The summed E-state index contributed by atoms with van der Waals surface area (Å²) < 4.78 is 6.04. The van der Waals surface area contributed by atoms with Gasteiger partial charge in [-0.2, -0.15) is 0 Å². The summed E-state index contributed by atoms with van der Waals surface area (Å²) in [5.74, 6) is 1.29. The lowest BCUT2D eigenvalue weighted by atomic mass is 10.1. The van der Waals surface area contributed by atoms with Crippen LogP contribution in [0.3, 0.4) is 0 Å². The maximum absolute atomic E-state index is 6.13. The Morgan fingerprint density at radius 2 is 1.54 bits per heavy atom. The van der Waals surface area contributed by atoms with Gasteiger partial charge in [0.25, 0.3) is 0 Å². The van der Waals surface area contributed by atoms with Crippen molar-refractivity contribution in [2.45, 2.75) is 39.8 Å². The van der Waals surface area contributed by atoms with Crippen LogP contribution in [0.15, 0.2) is 60.7 Å². The van der Waals surface area contributed by atoms with E-state index in [1.165, 1.54) is 5.56 Å². The van der Waals surface area contributed by atoms with Crippen LogP contribution in [0, 0.1) is 5.92 Å². The molecule has 0 radical (unpaired) electrons. The second-order valence-corrected chi connectivity index (χ2v) is 6.37.